The third kappa shape index (κ3) is 3.58. The van der Waals surface area contributed by atoms with Crippen molar-refractivity contribution in [3.8, 4) is 0 Å². The van der Waals surface area contributed by atoms with Crippen LogP contribution in [0.3, 0.4) is 0 Å². The van der Waals surface area contributed by atoms with Gasteiger partial charge in [-0.25, -0.2) is 0 Å². The predicted octanol–water partition coefficient (Wildman–Crippen LogP) is 2.43. The minimum Gasteiger partial charge on any atom is -0.396 e. The summed E-state index contributed by atoms with van der Waals surface area (Å²) in [6.07, 6.45) is 4.67. The van der Waals surface area contributed by atoms with Gasteiger partial charge in [-0.15, -0.1) is 0 Å². The van der Waals surface area contributed by atoms with Crippen LogP contribution in [0.1, 0.15) is 31.7 Å². The highest BCUT2D eigenvalue weighted by Crippen LogP contribution is 2.34. The maximum Gasteiger partial charge on any atom is 0.0445 e. The Bertz CT molecular complexity index is 295. The van der Waals surface area contributed by atoms with Crippen LogP contribution in [0.4, 0.5) is 0 Å². The highest BCUT2D eigenvalue weighted by Gasteiger charge is 2.31. The van der Waals surface area contributed by atoms with Crippen molar-refractivity contribution in [1.82, 2.24) is 5.32 Å². The van der Waals surface area contributed by atoms with Crippen LogP contribution in [-0.4, -0.2) is 23.8 Å². The Kier molecular flexibility index (Phi) is 4.38. The van der Waals surface area contributed by atoms with Crippen molar-refractivity contribution >= 4 is 11.3 Å². The van der Waals surface area contributed by atoms with Gasteiger partial charge in [-0.1, -0.05) is 0 Å². The van der Waals surface area contributed by atoms with Gasteiger partial charge in [0, 0.05) is 18.7 Å². The van der Waals surface area contributed by atoms with Gasteiger partial charge >= 0.3 is 0 Å². The molecule has 0 radical (unpaired) electrons. The summed E-state index contributed by atoms with van der Waals surface area (Å²) in [6, 6.07) is 3.23. The minimum atomic E-state index is 0.305. The Hall–Kier alpha value is -0.380. The van der Waals surface area contributed by atoms with Gasteiger partial charge in [-0.3, -0.25) is 0 Å². The smallest absolute Gasteiger partial charge is 0.0445 e. The van der Waals surface area contributed by atoms with Gasteiger partial charge in [-0.2, -0.15) is 11.3 Å². The molecule has 16 heavy (non-hydrogen) atoms. The van der Waals surface area contributed by atoms with Crippen molar-refractivity contribution in [3.05, 3.63) is 22.4 Å². The summed E-state index contributed by atoms with van der Waals surface area (Å²) in [6.45, 7) is 2.55. The summed E-state index contributed by atoms with van der Waals surface area (Å²) in [5.41, 5.74) is 1.42. The van der Waals surface area contributed by atoms with Gasteiger partial charge in [0.15, 0.2) is 0 Å². The quantitative estimate of drug-likeness (QED) is 0.766. The first-order valence-electron chi connectivity index (χ1n) is 6.17. The zero-order valence-corrected chi connectivity index (χ0v) is 10.7. The summed E-state index contributed by atoms with van der Waals surface area (Å²) in [7, 11) is 0. The first-order valence-corrected chi connectivity index (χ1v) is 7.12. The second-order valence-corrected chi connectivity index (χ2v) is 5.64. The van der Waals surface area contributed by atoms with Gasteiger partial charge in [0.05, 0.1) is 0 Å². The van der Waals surface area contributed by atoms with E-state index in [0.29, 0.717) is 18.7 Å². The summed E-state index contributed by atoms with van der Waals surface area (Å²) in [5, 5.41) is 17.1. The molecular weight excluding hydrogens is 218 g/mol. The Balaban J connectivity index is 1.78. The van der Waals surface area contributed by atoms with E-state index in [1.807, 2.05) is 0 Å². The molecule has 90 valence electrons. The van der Waals surface area contributed by atoms with Crippen molar-refractivity contribution in [1.29, 1.82) is 0 Å². The zero-order chi connectivity index (χ0) is 11.4. The molecule has 1 saturated carbocycles. The lowest BCUT2D eigenvalue weighted by Gasteiger charge is -2.22. The fraction of sp³-hybridized carbons (Fsp3) is 0.692. The van der Waals surface area contributed by atoms with E-state index >= 15 is 0 Å². The second kappa shape index (κ2) is 5.80. The molecule has 1 aromatic heterocycles. The van der Waals surface area contributed by atoms with Gasteiger partial charge in [0.25, 0.3) is 0 Å². The first kappa shape index (κ1) is 12.1. The van der Waals surface area contributed by atoms with Crippen molar-refractivity contribution in [3.63, 3.8) is 0 Å². The molecule has 1 aromatic rings. The summed E-state index contributed by atoms with van der Waals surface area (Å²) < 4.78 is 0. The van der Waals surface area contributed by atoms with E-state index in [1.165, 1.54) is 18.4 Å². The van der Waals surface area contributed by atoms with Crippen LogP contribution in [-0.2, 0) is 6.42 Å². The molecule has 0 saturated heterocycles. The van der Waals surface area contributed by atoms with E-state index in [4.69, 9.17) is 5.11 Å². The maximum absolute atomic E-state index is 9.04. The molecular formula is C13H21NOS. The summed E-state index contributed by atoms with van der Waals surface area (Å²) >= 11 is 1.76. The number of aliphatic hydroxyl groups is 1. The minimum absolute atomic E-state index is 0.305. The molecule has 0 bridgehead atoms. The Labute approximate surface area is 102 Å². The highest BCUT2D eigenvalue weighted by molar-refractivity contribution is 7.07. The lowest BCUT2D eigenvalue weighted by molar-refractivity contribution is 0.249. The number of aliphatic hydroxyl groups excluding tert-OH is 1. The standard InChI is InChI=1S/C13H21NOS/c1-10(8-11-5-7-16-9-11)14-13(4-6-15)12-2-3-12/h5,7,9-10,12-15H,2-4,6,8H2,1H3. The number of hydrogen-bond donors (Lipinski definition) is 2. The van der Waals surface area contributed by atoms with Crippen LogP contribution >= 0.6 is 11.3 Å². The predicted molar refractivity (Wildman–Crippen MR) is 68.8 cm³/mol. The van der Waals surface area contributed by atoms with Crippen molar-refractivity contribution in [2.75, 3.05) is 6.61 Å². The first-order chi connectivity index (χ1) is 7.79. The molecule has 0 aliphatic heterocycles. The van der Waals surface area contributed by atoms with E-state index in [-0.39, 0.29) is 0 Å². The molecule has 1 heterocycles. The molecule has 2 unspecified atom stereocenters. The fourth-order valence-electron chi connectivity index (χ4n) is 2.28. The topological polar surface area (TPSA) is 32.3 Å². The molecule has 2 atom stereocenters. The van der Waals surface area contributed by atoms with Crippen LogP contribution < -0.4 is 5.32 Å². The molecule has 0 amide bonds. The Morgan fingerprint density at radius 2 is 2.38 bits per heavy atom. The SMILES string of the molecule is CC(Cc1ccsc1)NC(CCO)C1CC1. The largest absolute Gasteiger partial charge is 0.396 e. The average Bonchev–Trinajstić information content (AvgIpc) is 2.98. The number of thiophene rings is 1. The Morgan fingerprint density at radius 3 is 2.94 bits per heavy atom. The van der Waals surface area contributed by atoms with Crippen LogP contribution in [0.25, 0.3) is 0 Å². The lowest BCUT2D eigenvalue weighted by atomic mass is 10.1. The van der Waals surface area contributed by atoms with Crippen molar-refractivity contribution in [2.45, 2.75) is 44.7 Å². The van der Waals surface area contributed by atoms with Gasteiger partial charge < -0.3 is 10.4 Å². The molecule has 2 N–H and O–H groups in total. The van der Waals surface area contributed by atoms with Gasteiger partial charge in [0.2, 0.25) is 0 Å². The third-order valence-electron chi connectivity index (χ3n) is 3.25. The van der Waals surface area contributed by atoms with E-state index in [2.05, 4.69) is 29.1 Å². The van der Waals surface area contributed by atoms with Crippen LogP contribution in [0.15, 0.2) is 16.8 Å². The monoisotopic (exact) mass is 239 g/mol. The van der Waals surface area contributed by atoms with E-state index in [9.17, 15) is 0 Å². The molecule has 2 nitrogen and oxygen atoms in total. The highest BCUT2D eigenvalue weighted by atomic mass is 32.1. The maximum atomic E-state index is 9.04. The molecule has 1 fully saturated rings. The summed E-state index contributed by atoms with van der Waals surface area (Å²) in [5.74, 6) is 0.817. The normalized spacial score (nSPS) is 19.6. The van der Waals surface area contributed by atoms with Crippen molar-refractivity contribution < 1.29 is 5.11 Å². The van der Waals surface area contributed by atoms with Gasteiger partial charge in [-0.05, 0) is 60.9 Å². The van der Waals surface area contributed by atoms with Crippen LogP contribution in [0.5, 0.6) is 0 Å². The number of rotatable bonds is 7. The average molecular weight is 239 g/mol. The number of nitrogens with one attached hydrogen (secondary N) is 1. The molecule has 0 aromatic carbocycles. The van der Waals surface area contributed by atoms with E-state index < -0.39 is 0 Å². The third-order valence-corrected chi connectivity index (χ3v) is 3.98. The van der Waals surface area contributed by atoms with Crippen LogP contribution in [0, 0.1) is 5.92 Å². The second-order valence-electron chi connectivity index (χ2n) is 4.86. The van der Waals surface area contributed by atoms with Crippen LogP contribution in [0.2, 0.25) is 0 Å². The lowest BCUT2D eigenvalue weighted by Crippen LogP contribution is -2.39. The fourth-order valence-corrected chi connectivity index (χ4v) is 2.96. The molecule has 2 rings (SSSR count). The van der Waals surface area contributed by atoms with E-state index in [1.54, 1.807) is 11.3 Å². The van der Waals surface area contributed by atoms with Gasteiger partial charge in [0.1, 0.15) is 0 Å². The zero-order valence-electron chi connectivity index (χ0n) is 9.86. The molecule has 1 aliphatic carbocycles. The van der Waals surface area contributed by atoms with Crippen molar-refractivity contribution in [2.24, 2.45) is 5.92 Å². The molecule has 1 aliphatic rings. The van der Waals surface area contributed by atoms with E-state index in [0.717, 1.165) is 18.8 Å². The number of hydrogen-bond acceptors (Lipinski definition) is 3. The Morgan fingerprint density at radius 1 is 1.56 bits per heavy atom. The molecule has 0 spiro atoms. The summed E-state index contributed by atoms with van der Waals surface area (Å²) in [4.78, 5) is 0. The molecule has 3 heteroatoms.